The van der Waals surface area contributed by atoms with Crippen LogP contribution in [0.5, 0.6) is 0 Å². The standard InChI is InChI=1S/C26H34N2.ClH/c1-28(21-18-23-12-5-2-6-13-23)20-11-19-26(22-27,24-14-7-3-8-15-24)25-16-9-4-10-17-25;/h3-4,7-10,14-17,23H,2,5-6,11-13,18-21H2,1H3;1H. The van der Waals surface area contributed by atoms with Crippen LogP contribution in [0.15, 0.2) is 60.7 Å². The highest BCUT2D eigenvalue weighted by Crippen LogP contribution is 2.36. The molecule has 0 saturated heterocycles. The summed E-state index contributed by atoms with van der Waals surface area (Å²) in [5.41, 5.74) is 1.65. The van der Waals surface area contributed by atoms with E-state index in [1.165, 1.54) is 45.1 Å². The Bertz CT molecular complexity index is 693. The molecule has 3 heteroatoms. The molecule has 2 aromatic carbocycles. The van der Waals surface area contributed by atoms with E-state index in [2.05, 4.69) is 42.3 Å². The number of benzene rings is 2. The molecule has 0 aromatic heterocycles. The molecule has 0 N–H and O–H groups in total. The first kappa shape index (κ1) is 23.5. The average molecular weight is 411 g/mol. The predicted octanol–water partition coefficient (Wildman–Crippen LogP) is 6.60. The highest BCUT2D eigenvalue weighted by atomic mass is 35.5. The molecule has 0 atom stereocenters. The Hall–Kier alpha value is -1.82. The fraction of sp³-hybridized carbons (Fsp3) is 0.500. The maximum absolute atomic E-state index is 10.3. The highest BCUT2D eigenvalue weighted by Gasteiger charge is 2.33. The Balaban J connectivity index is 0.00000300. The lowest BCUT2D eigenvalue weighted by molar-refractivity contribution is 0.259. The smallest absolute Gasteiger partial charge is 0.107 e. The molecule has 1 aliphatic carbocycles. The molecule has 156 valence electrons. The third-order valence-corrected chi connectivity index (χ3v) is 6.46. The van der Waals surface area contributed by atoms with Crippen molar-refractivity contribution in [2.24, 2.45) is 5.92 Å². The van der Waals surface area contributed by atoms with E-state index >= 15 is 0 Å². The number of nitrogens with zero attached hydrogens (tertiary/aromatic N) is 2. The molecule has 2 nitrogen and oxygen atoms in total. The minimum Gasteiger partial charge on any atom is -0.306 e. The summed E-state index contributed by atoms with van der Waals surface area (Å²) in [5.74, 6) is 0.933. The molecule has 29 heavy (non-hydrogen) atoms. The summed E-state index contributed by atoms with van der Waals surface area (Å²) in [6, 6.07) is 23.3. The number of hydrogen-bond donors (Lipinski definition) is 0. The van der Waals surface area contributed by atoms with Gasteiger partial charge >= 0.3 is 0 Å². The third-order valence-electron chi connectivity index (χ3n) is 6.46. The fourth-order valence-electron chi connectivity index (χ4n) is 4.69. The molecule has 0 radical (unpaired) electrons. The first-order valence-electron chi connectivity index (χ1n) is 11.0. The van der Waals surface area contributed by atoms with Crippen LogP contribution in [-0.2, 0) is 5.41 Å². The lowest BCUT2D eigenvalue weighted by Gasteiger charge is -2.29. The quantitative estimate of drug-likeness (QED) is 0.465. The van der Waals surface area contributed by atoms with Crippen LogP contribution in [0.2, 0.25) is 0 Å². The summed E-state index contributed by atoms with van der Waals surface area (Å²) in [4.78, 5) is 2.47. The third kappa shape index (κ3) is 6.33. The van der Waals surface area contributed by atoms with Gasteiger partial charge in [-0.25, -0.2) is 0 Å². The van der Waals surface area contributed by atoms with Crippen LogP contribution < -0.4 is 0 Å². The summed E-state index contributed by atoms with van der Waals surface area (Å²) in [6.07, 6.45) is 10.3. The first-order valence-corrected chi connectivity index (χ1v) is 11.0. The monoisotopic (exact) mass is 410 g/mol. The van der Waals surface area contributed by atoms with Gasteiger partial charge in [-0.15, -0.1) is 12.4 Å². The summed E-state index contributed by atoms with van der Waals surface area (Å²) in [7, 11) is 2.24. The largest absolute Gasteiger partial charge is 0.306 e. The van der Waals surface area contributed by atoms with Crippen molar-refractivity contribution in [2.45, 2.75) is 56.8 Å². The van der Waals surface area contributed by atoms with Gasteiger partial charge in [0.2, 0.25) is 0 Å². The zero-order valence-corrected chi connectivity index (χ0v) is 18.5. The van der Waals surface area contributed by atoms with Gasteiger partial charge in [0.15, 0.2) is 0 Å². The molecule has 0 unspecified atom stereocenters. The first-order chi connectivity index (χ1) is 13.7. The zero-order valence-electron chi connectivity index (χ0n) is 17.7. The van der Waals surface area contributed by atoms with Crippen LogP contribution in [-0.4, -0.2) is 25.0 Å². The van der Waals surface area contributed by atoms with Gasteiger partial charge in [-0.05, 0) is 56.4 Å². The van der Waals surface area contributed by atoms with Gasteiger partial charge < -0.3 is 4.90 Å². The van der Waals surface area contributed by atoms with Gasteiger partial charge in [-0.1, -0.05) is 92.8 Å². The molecule has 0 aliphatic heterocycles. The molecule has 0 spiro atoms. The highest BCUT2D eigenvalue weighted by molar-refractivity contribution is 5.85. The van der Waals surface area contributed by atoms with Gasteiger partial charge in [0, 0.05) is 0 Å². The van der Waals surface area contributed by atoms with E-state index in [1.54, 1.807) is 0 Å². The van der Waals surface area contributed by atoms with Crippen molar-refractivity contribution in [1.82, 2.24) is 4.90 Å². The van der Waals surface area contributed by atoms with Gasteiger partial charge in [-0.3, -0.25) is 0 Å². The second kappa shape index (κ2) is 12.0. The molecule has 1 fully saturated rings. The molecule has 0 amide bonds. The van der Waals surface area contributed by atoms with E-state index in [4.69, 9.17) is 0 Å². The van der Waals surface area contributed by atoms with E-state index in [9.17, 15) is 5.26 Å². The second-order valence-corrected chi connectivity index (χ2v) is 8.45. The predicted molar refractivity (Wildman–Crippen MR) is 124 cm³/mol. The summed E-state index contributed by atoms with van der Waals surface area (Å²) in [6.45, 7) is 2.23. The van der Waals surface area contributed by atoms with E-state index < -0.39 is 5.41 Å². The molecule has 1 aliphatic rings. The Kier molecular flexibility index (Phi) is 9.71. The molecular formula is C26H35ClN2. The SMILES string of the molecule is CN(CCCC(C#N)(c1ccccc1)c1ccccc1)CCC1CCCCC1.Cl. The van der Waals surface area contributed by atoms with Crippen LogP contribution >= 0.6 is 12.4 Å². The summed E-state index contributed by atoms with van der Waals surface area (Å²) < 4.78 is 0. The number of rotatable bonds is 9. The number of halogens is 1. The fourth-order valence-corrected chi connectivity index (χ4v) is 4.69. The van der Waals surface area contributed by atoms with Crippen molar-refractivity contribution in [1.29, 1.82) is 5.26 Å². The molecule has 0 bridgehead atoms. The molecule has 1 saturated carbocycles. The number of hydrogen-bond acceptors (Lipinski definition) is 2. The molecular weight excluding hydrogens is 376 g/mol. The Morgan fingerprint density at radius 1 is 0.897 bits per heavy atom. The van der Waals surface area contributed by atoms with Crippen molar-refractivity contribution in [3.05, 3.63) is 71.8 Å². The number of nitriles is 1. The van der Waals surface area contributed by atoms with E-state index in [-0.39, 0.29) is 12.4 Å². The summed E-state index contributed by atoms with van der Waals surface area (Å²) >= 11 is 0. The van der Waals surface area contributed by atoms with Crippen molar-refractivity contribution in [3.8, 4) is 6.07 Å². The maximum Gasteiger partial charge on any atom is 0.107 e. The molecule has 3 rings (SSSR count). The topological polar surface area (TPSA) is 27.0 Å². The lowest BCUT2D eigenvalue weighted by Crippen LogP contribution is -2.29. The van der Waals surface area contributed by atoms with Crippen LogP contribution in [0, 0.1) is 17.2 Å². The van der Waals surface area contributed by atoms with Crippen LogP contribution in [0.25, 0.3) is 0 Å². The van der Waals surface area contributed by atoms with Crippen molar-refractivity contribution >= 4 is 12.4 Å². The normalized spacial score (nSPS) is 14.9. The maximum atomic E-state index is 10.3. The van der Waals surface area contributed by atoms with Crippen LogP contribution in [0.1, 0.15) is 62.5 Å². The molecule has 2 aromatic rings. The minimum atomic E-state index is -0.563. The minimum absolute atomic E-state index is 0. The average Bonchev–Trinajstić information content (AvgIpc) is 2.77. The Morgan fingerprint density at radius 2 is 1.45 bits per heavy atom. The van der Waals surface area contributed by atoms with Crippen LogP contribution in [0.3, 0.4) is 0 Å². The lowest BCUT2D eigenvalue weighted by atomic mass is 9.72. The van der Waals surface area contributed by atoms with Crippen molar-refractivity contribution < 1.29 is 0 Å². The second-order valence-electron chi connectivity index (χ2n) is 8.45. The van der Waals surface area contributed by atoms with E-state index in [0.717, 1.165) is 36.4 Å². The Labute approximate surface area is 183 Å². The Morgan fingerprint density at radius 3 is 1.97 bits per heavy atom. The van der Waals surface area contributed by atoms with Crippen molar-refractivity contribution in [2.75, 3.05) is 20.1 Å². The van der Waals surface area contributed by atoms with Gasteiger partial charge in [0.05, 0.1) is 6.07 Å². The van der Waals surface area contributed by atoms with E-state index in [1.807, 2.05) is 36.4 Å². The van der Waals surface area contributed by atoms with Crippen molar-refractivity contribution in [3.63, 3.8) is 0 Å². The molecule has 0 heterocycles. The van der Waals surface area contributed by atoms with Gasteiger partial charge in [0.25, 0.3) is 0 Å². The zero-order chi connectivity index (χ0) is 19.7. The van der Waals surface area contributed by atoms with Crippen LogP contribution in [0.4, 0.5) is 0 Å². The van der Waals surface area contributed by atoms with Gasteiger partial charge in [0.1, 0.15) is 5.41 Å². The van der Waals surface area contributed by atoms with Gasteiger partial charge in [-0.2, -0.15) is 5.26 Å². The van der Waals surface area contributed by atoms with E-state index in [0.29, 0.717) is 0 Å². The summed E-state index contributed by atoms with van der Waals surface area (Å²) in [5, 5.41) is 10.3.